The maximum Gasteiger partial charge on any atom is 0.303 e. The van der Waals surface area contributed by atoms with Gasteiger partial charge in [0, 0.05) is 24.1 Å². The molecule has 1 fully saturated rings. The molecule has 184 valence electrons. The predicted octanol–water partition coefficient (Wildman–Crippen LogP) is 5.17. The van der Waals surface area contributed by atoms with Crippen LogP contribution in [0.5, 0.6) is 5.75 Å². The third-order valence-corrected chi connectivity index (χ3v) is 5.92. The van der Waals surface area contributed by atoms with Crippen molar-refractivity contribution in [2.45, 2.75) is 45.8 Å². The standard InChI is InChI=1S/C26H28N4O4.ClH/c1-17(2)33-23-8-7-21(14-22(23)15-27)26-28-25(29-34-26)20-5-3-19(4-6-20)16-30-11-9-18(10-12-30)13-24(31)32;/h3-8,14,17-18H,9-13,16H2,1-2H3,(H,31,32);1H. The van der Waals surface area contributed by atoms with E-state index in [0.29, 0.717) is 28.6 Å². The molecule has 3 aromatic rings. The van der Waals surface area contributed by atoms with Gasteiger partial charge in [-0.1, -0.05) is 29.4 Å². The van der Waals surface area contributed by atoms with Crippen LogP contribution in [0, 0.1) is 17.2 Å². The van der Waals surface area contributed by atoms with Crippen LogP contribution >= 0.6 is 12.4 Å². The Labute approximate surface area is 210 Å². The summed E-state index contributed by atoms with van der Waals surface area (Å²) >= 11 is 0. The van der Waals surface area contributed by atoms with Crippen LogP contribution < -0.4 is 4.74 Å². The van der Waals surface area contributed by atoms with Gasteiger partial charge in [0.1, 0.15) is 11.8 Å². The van der Waals surface area contributed by atoms with Crippen molar-refractivity contribution >= 4 is 18.4 Å². The Hall–Kier alpha value is -3.41. The normalized spacial score (nSPS) is 14.3. The van der Waals surface area contributed by atoms with Gasteiger partial charge in [-0.25, -0.2) is 0 Å². The molecule has 8 nitrogen and oxygen atoms in total. The van der Waals surface area contributed by atoms with E-state index >= 15 is 0 Å². The molecular weight excluding hydrogens is 468 g/mol. The van der Waals surface area contributed by atoms with E-state index < -0.39 is 5.97 Å². The lowest BCUT2D eigenvalue weighted by Gasteiger charge is -2.31. The second-order valence-corrected chi connectivity index (χ2v) is 8.93. The van der Waals surface area contributed by atoms with Crippen LogP contribution in [0.2, 0.25) is 0 Å². The van der Waals surface area contributed by atoms with Crippen molar-refractivity contribution in [2.24, 2.45) is 5.92 Å². The molecule has 0 radical (unpaired) electrons. The van der Waals surface area contributed by atoms with E-state index in [4.69, 9.17) is 14.4 Å². The molecule has 0 amide bonds. The number of nitriles is 1. The van der Waals surface area contributed by atoms with E-state index in [2.05, 4.69) is 33.2 Å². The Balaban J connectivity index is 0.00000342. The van der Waals surface area contributed by atoms with Gasteiger partial charge < -0.3 is 14.4 Å². The number of carbonyl (C=O) groups is 1. The molecule has 1 saturated heterocycles. The molecule has 0 saturated carbocycles. The number of aromatic nitrogens is 2. The number of aliphatic carboxylic acids is 1. The summed E-state index contributed by atoms with van der Waals surface area (Å²) in [5.41, 5.74) is 3.11. The lowest BCUT2D eigenvalue weighted by molar-refractivity contribution is -0.138. The van der Waals surface area contributed by atoms with Crippen molar-refractivity contribution in [2.75, 3.05) is 13.1 Å². The van der Waals surface area contributed by atoms with E-state index in [1.54, 1.807) is 18.2 Å². The van der Waals surface area contributed by atoms with E-state index in [1.807, 2.05) is 26.0 Å². The van der Waals surface area contributed by atoms with Crippen molar-refractivity contribution in [3.05, 3.63) is 53.6 Å². The first-order chi connectivity index (χ1) is 16.4. The topological polar surface area (TPSA) is 112 Å². The average molecular weight is 497 g/mol. The van der Waals surface area contributed by atoms with Crippen molar-refractivity contribution in [1.29, 1.82) is 5.26 Å². The minimum atomic E-state index is -0.707. The minimum absolute atomic E-state index is 0. The number of benzene rings is 2. The maximum absolute atomic E-state index is 10.9. The van der Waals surface area contributed by atoms with E-state index in [9.17, 15) is 10.1 Å². The minimum Gasteiger partial charge on any atom is -0.490 e. The van der Waals surface area contributed by atoms with Crippen LogP contribution in [-0.4, -0.2) is 45.3 Å². The summed E-state index contributed by atoms with van der Waals surface area (Å²) in [5.74, 6) is 0.934. The van der Waals surface area contributed by atoms with E-state index in [1.165, 1.54) is 5.56 Å². The van der Waals surface area contributed by atoms with Gasteiger partial charge in [-0.3, -0.25) is 9.69 Å². The quantitative estimate of drug-likeness (QED) is 0.454. The summed E-state index contributed by atoms with van der Waals surface area (Å²) < 4.78 is 11.1. The first-order valence-electron chi connectivity index (χ1n) is 11.5. The number of rotatable bonds is 8. The van der Waals surface area contributed by atoms with Gasteiger partial charge in [0.25, 0.3) is 5.89 Å². The van der Waals surface area contributed by atoms with Gasteiger partial charge in [-0.05, 0) is 69.5 Å². The SMILES string of the molecule is CC(C)Oc1ccc(-c2nc(-c3ccc(CN4CCC(CC(=O)O)CC4)cc3)no2)cc1C#N.Cl. The highest BCUT2D eigenvalue weighted by molar-refractivity contribution is 5.85. The molecule has 1 N–H and O–H groups in total. The smallest absolute Gasteiger partial charge is 0.303 e. The Kier molecular flexibility index (Phi) is 8.85. The van der Waals surface area contributed by atoms with Gasteiger partial charge >= 0.3 is 5.97 Å². The number of likely N-dealkylation sites (tertiary alicyclic amines) is 1. The number of piperidine rings is 1. The highest BCUT2D eigenvalue weighted by atomic mass is 35.5. The Morgan fingerprint density at radius 3 is 2.51 bits per heavy atom. The molecule has 0 aliphatic carbocycles. The molecule has 1 aliphatic heterocycles. The molecule has 2 heterocycles. The zero-order chi connectivity index (χ0) is 24.1. The molecule has 0 spiro atoms. The highest BCUT2D eigenvalue weighted by Gasteiger charge is 2.21. The van der Waals surface area contributed by atoms with Gasteiger partial charge in [0.2, 0.25) is 5.82 Å². The second kappa shape index (κ2) is 11.8. The Morgan fingerprint density at radius 2 is 1.89 bits per heavy atom. The number of halogens is 1. The van der Waals surface area contributed by atoms with Crippen molar-refractivity contribution < 1.29 is 19.2 Å². The van der Waals surface area contributed by atoms with Crippen LogP contribution in [-0.2, 0) is 11.3 Å². The van der Waals surface area contributed by atoms with Crippen molar-refractivity contribution in [1.82, 2.24) is 15.0 Å². The van der Waals surface area contributed by atoms with Gasteiger partial charge in [0.05, 0.1) is 11.7 Å². The fourth-order valence-corrected chi connectivity index (χ4v) is 4.18. The number of carboxylic acid groups (broad SMARTS) is 1. The summed E-state index contributed by atoms with van der Waals surface area (Å²) in [6, 6.07) is 15.5. The van der Waals surface area contributed by atoms with Gasteiger partial charge in [0.15, 0.2) is 0 Å². The molecule has 2 aromatic carbocycles. The maximum atomic E-state index is 10.9. The molecule has 1 aromatic heterocycles. The Bertz CT molecular complexity index is 1180. The summed E-state index contributed by atoms with van der Waals surface area (Å²) in [4.78, 5) is 17.8. The molecule has 0 unspecified atom stereocenters. The largest absolute Gasteiger partial charge is 0.490 e. The molecule has 0 atom stereocenters. The fraction of sp³-hybridized carbons (Fsp3) is 0.385. The van der Waals surface area contributed by atoms with E-state index in [-0.39, 0.29) is 30.8 Å². The van der Waals surface area contributed by atoms with Crippen LogP contribution in [0.15, 0.2) is 47.0 Å². The summed E-state index contributed by atoms with van der Waals surface area (Å²) in [7, 11) is 0. The van der Waals surface area contributed by atoms with Gasteiger partial charge in [-0.15, -0.1) is 12.4 Å². The highest BCUT2D eigenvalue weighted by Crippen LogP contribution is 2.28. The zero-order valence-corrected chi connectivity index (χ0v) is 20.6. The molecular formula is C26H29ClN4O4. The predicted molar refractivity (Wildman–Crippen MR) is 133 cm³/mol. The van der Waals surface area contributed by atoms with Crippen LogP contribution in [0.1, 0.15) is 44.2 Å². The third kappa shape index (κ3) is 6.81. The lowest BCUT2D eigenvalue weighted by atomic mass is 9.93. The number of ether oxygens (including phenoxy) is 1. The zero-order valence-electron chi connectivity index (χ0n) is 19.8. The second-order valence-electron chi connectivity index (χ2n) is 8.93. The van der Waals surface area contributed by atoms with Crippen molar-refractivity contribution in [3.63, 3.8) is 0 Å². The number of hydrogen-bond acceptors (Lipinski definition) is 7. The fourth-order valence-electron chi connectivity index (χ4n) is 4.18. The molecule has 4 rings (SSSR count). The van der Waals surface area contributed by atoms with Crippen LogP contribution in [0.3, 0.4) is 0 Å². The Morgan fingerprint density at radius 1 is 1.20 bits per heavy atom. The van der Waals surface area contributed by atoms with E-state index in [0.717, 1.165) is 38.0 Å². The number of nitrogens with zero attached hydrogens (tertiary/aromatic N) is 4. The molecule has 1 aliphatic rings. The summed E-state index contributed by atoms with van der Waals surface area (Å²) in [5, 5.41) is 22.5. The summed E-state index contributed by atoms with van der Waals surface area (Å²) in [6.45, 7) is 6.49. The lowest BCUT2D eigenvalue weighted by Crippen LogP contribution is -2.33. The molecule has 35 heavy (non-hydrogen) atoms. The van der Waals surface area contributed by atoms with Crippen LogP contribution in [0.4, 0.5) is 0 Å². The van der Waals surface area contributed by atoms with Gasteiger partial charge in [-0.2, -0.15) is 10.2 Å². The van der Waals surface area contributed by atoms with Crippen LogP contribution in [0.25, 0.3) is 22.8 Å². The first kappa shape index (κ1) is 26.2. The van der Waals surface area contributed by atoms with Crippen molar-refractivity contribution in [3.8, 4) is 34.7 Å². The molecule has 0 bridgehead atoms. The average Bonchev–Trinajstić information content (AvgIpc) is 3.31. The first-order valence-corrected chi connectivity index (χ1v) is 11.5. The monoisotopic (exact) mass is 496 g/mol. The number of hydrogen-bond donors (Lipinski definition) is 1. The summed E-state index contributed by atoms with van der Waals surface area (Å²) in [6.07, 6.45) is 2.09. The third-order valence-electron chi connectivity index (χ3n) is 5.92. The number of carboxylic acids is 1. The molecule has 9 heteroatoms.